The van der Waals surface area contributed by atoms with E-state index in [1.807, 2.05) is 6.92 Å². The molecule has 2 heterocycles. The fourth-order valence-corrected chi connectivity index (χ4v) is 3.47. The first kappa shape index (κ1) is 18.6. The van der Waals surface area contributed by atoms with Crippen LogP contribution >= 0.6 is 0 Å². The molecule has 0 saturated carbocycles. The monoisotopic (exact) mass is 356 g/mol. The number of rotatable bonds is 7. The van der Waals surface area contributed by atoms with Gasteiger partial charge in [0.05, 0.1) is 6.61 Å². The van der Waals surface area contributed by atoms with E-state index in [4.69, 9.17) is 9.88 Å². The van der Waals surface area contributed by atoms with Gasteiger partial charge in [-0.25, -0.2) is 10.1 Å². The highest BCUT2D eigenvalue weighted by Crippen LogP contribution is 2.21. The molecule has 2 rings (SSSR count). The van der Waals surface area contributed by atoms with Gasteiger partial charge in [0.25, 0.3) is 16.1 Å². The second kappa shape index (κ2) is 8.41. The third kappa shape index (κ3) is 5.15. The van der Waals surface area contributed by atoms with E-state index in [9.17, 15) is 13.2 Å². The van der Waals surface area contributed by atoms with Crippen molar-refractivity contribution in [3.8, 4) is 5.88 Å². The third-order valence-electron chi connectivity index (χ3n) is 4.07. The number of nitrogens with one attached hydrogen (secondary N) is 1. The van der Waals surface area contributed by atoms with Crippen LogP contribution in [0.15, 0.2) is 18.3 Å². The minimum Gasteiger partial charge on any atom is -0.477 e. The number of hydrogen-bond acceptors (Lipinski definition) is 5. The summed E-state index contributed by atoms with van der Waals surface area (Å²) in [6.45, 7) is 3.69. The van der Waals surface area contributed by atoms with Crippen LogP contribution < -0.4 is 15.2 Å². The summed E-state index contributed by atoms with van der Waals surface area (Å²) in [6.07, 6.45) is 3.89. The number of nitrogens with two attached hydrogens (primary N) is 1. The van der Waals surface area contributed by atoms with Gasteiger partial charge in [-0.1, -0.05) is 0 Å². The lowest BCUT2D eigenvalue weighted by Crippen LogP contribution is -2.42. The van der Waals surface area contributed by atoms with Crippen LogP contribution in [0.25, 0.3) is 0 Å². The van der Waals surface area contributed by atoms with Gasteiger partial charge in [0.2, 0.25) is 5.88 Å². The van der Waals surface area contributed by atoms with E-state index in [-0.39, 0.29) is 5.91 Å². The van der Waals surface area contributed by atoms with Crippen molar-refractivity contribution in [1.82, 2.24) is 14.6 Å². The summed E-state index contributed by atoms with van der Waals surface area (Å²) in [5.41, 5.74) is 0.420. The lowest BCUT2D eigenvalue weighted by atomic mass is 9.95. The molecule has 1 aromatic heterocycles. The number of amides is 1. The summed E-state index contributed by atoms with van der Waals surface area (Å²) in [4.78, 5) is 16.3. The maximum absolute atomic E-state index is 12.2. The highest BCUT2D eigenvalue weighted by atomic mass is 32.2. The van der Waals surface area contributed by atoms with Crippen molar-refractivity contribution in [2.75, 3.05) is 26.2 Å². The van der Waals surface area contributed by atoms with Crippen molar-refractivity contribution in [2.45, 2.75) is 26.2 Å². The first-order valence-electron chi connectivity index (χ1n) is 8.05. The van der Waals surface area contributed by atoms with Crippen LogP contribution in [-0.2, 0) is 10.2 Å². The Morgan fingerprint density at radius 3 is 2.79 bits per heavy atom. The molecule has 1 fully saturated rings. The Labute approximate surface area is 142 Å². The summed E-state index contributed by atoms with van der Waals surface area (Å²) < 4.78 is 29.2. The molecule has 134 valence electrons. The Bertz CT molecular complexity index is 657. The van der Waals surface area contributed by atoms with E-state index in [0.29, 0.717) is 43.6 Å². The number of ether oxygens (including phenoxy) is 1. The van der Waals surface area contributed by atoms with Gasteiger partial charge in [0, 0.05) is 25.8 Å². The van der Waals surface area contributed by atoms with E-state index in [0.717, 1.165) is 19.3 Å². The number of aromatic nitrogens is 1. The number of piperidine rings is 1. The summed E-state index contributed by atoms with van der Waals surface area (Å²) >= 11 is 0. The average Bonchev–Trinajstić information content (AvgIpc) is 2.55. The van der Waals surface area contributed by atoms with Gasteiger partial charge >= 0.3 is 0 Å². The number of hydrogen-bond donors (Lipinski definition) is 2. The quantitative estimate of drug-likeness (QED) is 0.739. The topological polar surface area (TPSA) is 115 Å². The number of carbonyl (C=O) groups is 1. The Morgan fingerprint density at radius 1 is 1.46 bits per heavy atom. The Kier molecular flexibility index (Phi) is 6.52. The fraction of sp³-hybridized carbons (Fsp3) is 0.600. The lowest BCUT2D eigenvalue weighted by molar-refractivity contribution is 0.0945. The first-order valence-corrected chi connectivity index (χ1v) is 9.56. The second-order valence-corrected chi connectivity index (χ2v) is 7.27. The van der Waals surface area contributed by atoms with Gasteiger partial charge in [0.1, 0.15) is 5.56 Å². The standard InChI is InChI=1S/C15H24N4O4S/c1-2-23-15-13(4-3-8-18-15)14(20)17-9-5-12-6-10-19(11-7-12)24(16,21)22/h3-4,8,12H,2,5-7,9-11H2,1H3,(H,17,20)(H2,16,21,22). The molecule has 3 N–H and O–H groups in total. The van der Waals surface area contributed by atoms with Crippen molar-refractivity contribution in [2.24, 2.45) is 11.1 Å². The van der Waals surface area contributed by atoms with Gasteiger partial charge < -0.3 is 10.1 Å². The van der Waals surface area contributed by atoms with Gasteiger partial charge in [-0.2, -0.15) is 12.7 Å². The van der Waals surface area contributed by atoms with Crippen molar-refractivity contribution in [1.29, 1.82) is 0 Å². The molecule has 1 saturated heterocycles. The van der Waals surface area contributed by atoms with Crippen LogP contribution in [-0.4, -0.2) is 49.9 Å². The SMILES string of the molecule is CCOc1ncccc1C(=O)NCCC1CCN(S(N)(=O)=O)CC1. The fourth-order valence-electron chi connectivity index (χ4n) is 2.75. The van der Waals surface area contributed by atoms with Gasteiger partial charge in [-0.05, 0) is 44.2 Å². The van der Waals surface area contributed by atoms with E-state index in [2.05, 4.69) is 10.3 Å². The summed E-state index contributed by atoms with van der Waals surface area (Å²) in [5.74, 6) is 0.496. The molecule has 1 aliphatic rings. The molecule has 8 nitrogen and oxygen atoms in total. The van der Waals surface area contributed by atoms with Crippen molar-refractivity contribution in [3.63, 3.8) is 0 Å². The largest absolute Gasteiger partial charge is 0.477 e. The molecule has 0 aromatic carbocycles. The van der Waals surface area contributed by atoms with Crippen LogP contribution in [0.1, 0.15) is 36.5 Å². The van der Waals surface area contributed by atoms with Gasteiger partial charge in [-0.3, -0.25) is 4.79 Å². The predicted molar refractivity (Wildman–Crippen MR) is 89.8 cm³/mol. The summed E-state index contributed by atoms with van der Waals surface area (Å²) in [5, 5.41) is 7.99. The molecular weight excluding hydrogens is 332 g/mol. The van der Waals surface area contributed by atoms with Crippen LogP contribution in [0.5, 0.6) is 5.88 Å². The number of nitrogens with zero attached hydrogens (tertiary/aromatic N) is 2. The Balaban J connectivity index is 1.78. The molecule has 9 heteroatoms. The summed E-state index contributed by atoms with van der Waals surface area (Å²) in [6, 6.07) is 3.37. The zero-order chi connectivity index (χ0) is 17.6. The predicted octanol–water partition coefficient (Wildman–Crippen LogP) is 0.516. The van der Waals surface area contributed by atoms with Crippen LogP contribution in [0.3, 0.4) is 0 Å². The van der Waals surface area contributed by atoms with Gasteiger partial charge in [0.15, 0.2) is 0 Å². The second-order valence-electron chi connectivity index (χ2n) is 5.72. The molecule has 0 spiro atoms. The minimum absolute atomic E-state index is 0.214. The zero-order valence-electron chi connectivity index (χ0n) is 13.8. The molecule has 0 radical (unpaired) electrons. The van der Waals surface area contributed by atoms with Crippen LogP contribution in [0.4, 0.5) is 0 Å². The first-order chi connectivity index (χ1) is 11.4. The van der Waals surface area contributed by atoms with E-state index in [1.54, 1.807) is 18.3 Å². The third-order valence-corrected chi connectivity index (χ3v) is 5.15. The van der Waals surface area contributed by atoms with Gasteiger partial charge in [-0.15, -0.1) is 0 Å². The maximum Gasteiger partial charge on any atom is 0.276 e. The van der Waals surface area contributed by atoms with Crippen molar-refractivity contribution >= 4 is 16.1 Å². The van der Waals surface area contributed by atoms with Crippen molar-refractivity contribution < 1.29 is 17.9 Å². The molecule has 1 aromatic rings. The number of carbonyl (C=O) groups excluding carboxylic acids is 1. The lowest BCUT2D eigenvalue weighted by Gasteiger charge is -2.29. The minimum atomic E-state index is -3.59. The average molecular weight is 356 g/mol. The molecule has 0 bridgehead atoms. The number of pyridine rings is 1. The molecule has 0 aliphatic carbocycles. The zero-order valence-corrected chi connectivity index (χ0v) is 14.6. The molecule has 1 aliphatic heterocycles. The molecule has 24 heavy (non-hydrogen) atoms. The normalized spacial score (nSPS) is 16.8. The smallest absolute Gasteiger partial charge is 0.276 e. The molecule has 0 unspecified atom stereocenters. The van der Waals surface area contributed by atoms with Crippen LogP contribution in [0, 0.1) is 5.92 Å². The highest BCUT2D eigenvalue weighted by molar-refractivity contribution is 7.86. The van der Waals surface area contributed by atoms with E-state index >= 15 is 0 Å². The highest BCUT2D eigenvalue weighted by Gasteiger charge is 2.25. The summed E-state index contributed by atoms with van der Waals surface area (Å²) in [7, 11) is -3.59. The Hall–Kier alpha value is -1.71. The van der Waals surface area contributed by atoms with Crippen LogP contribution in [0.2, 0.25) is 0 Å². The molecule has 0 atom stereocenters. The Morgan fingerprint density at radius 2 is 2.17 bits per heavy atom. The van der Waals surface area contributed by atoms with E-state index in [1.165, 1.54) is 4.31 Å². The van der Waals surface area contributed by atoms with Crippen molar-refractivity contribution in [3.05, 3.63) is 23.9 Å². The maximum atomic E-state index is 12.2. The van der Waals surface area contributed by atoms with E-state index < -0.39 is 10.2 Å². The molecule has 1 amide bonds. The molecular formula is C15H24N4O4S.